The van der Waals surface area contributed by atoms with Crippen LogP contribution < -0.4 is 10.5 Å². The smallest absolute Gasteiger partial charge is 0.191 e. The van der Waals surface area contributed by atoms with E-state index >= 15 is 0 Å². The van der Waals surface area contributed by atoms with Gasteiger partial charge in [0.1, 0.15) is 11.8 Å². The van der Waals surface area contributed by atoms with Gasteiger partial charge in [-0.25, -0.2) is 0 Å². The summed E-state index contributed by atoms with van der Waals surface area (Å²) in [6.07, 6.45) is 2.02. The van der Waals surface area contributed by atoms with Crippen LogP contribution in [0.25, 0.3) is 0 Å². The lowest BCUT2D eigenvalue weighted by atomic mass is 9.58. The molecule has 1 heterocycles. The molecule has 2 N–H and O–H groups in total. The highest BCUT2D eigenvalue weighted by atomic mass is 16.5. The highest BCUT2D eigenvalue weighted by Gasteiger charge is 2.54. The van der Waals surface area contributed by atoms with E-state index in [0.29, 0.717) is 24.9 Å². The standard InChI is InChI=1S/C22H23N5O/c1-14(2)27-9-8-17-18(10-23)21(26)22(12-24,13-25)20(19(17)11-27)15-4-6-16(28-3)7-5-15/h4-8,14,19-20H,9,11,26H2,1-3H3. The molecule has 2 atom stereocenters. The Morgan fingerprint density at radius 1 is 1.18 bits per heavy atom. The molecule has 3 rings (SSSR count). The number of allylic oxidation sites excluding steroid dienone is 2. The topological polar surface area (TPSA) is 110 Å². The molecule has 0 fully saturated rings. The SMILES string of the molecule is COc1ccc(C2C3CN(C(C)C)CC=C3C(C#N)=C(N)C2(C#N)C#N)cc1. The van der Waals surface area contributed by atoms with E-state index in [9.17, 15) is 15.8 Å². The minimum absolute atomic E-state index is 0.0568. The summed E-state index contributed by atoms with van der Waals surface area (Å²) >= 11 is 0. The van der Waals surface area contributed by atoms with Crippen LogP contribution in [0.5, 0.6) is 5.75 Å². The monoisotopic (exact) mass is 373 g/mol. The zero-order chi connectivity index (χ0) is 20.5. The third-order valence-electron chi connectivity index (χ3n) is 5.90. The van der Waals surface area contributed by atoms with Gasteiger partial charge in [0.25, 0.3) is 0 Å². The predicted octanol–water partition coefficient (Wildman–Crippen LogP) is 2.83. The molecule has 142 valence electrons. The fourth-order valence-corrected chi connectivity index (χ4v) is 4.31. The highest BCUT2D eigenvalue weighted by molar-refractivity contribution is 5.59. The summed E-state index contributed by atoms with van der Waals surface area (Å²) in [6.45, 7) is 5.59. The van der Waals surface area contributed by atoms with E-state index in [0.717, 1.165) is 11.1 Å². The molecule has 0 bridgehead atoms. The van der Waals surface area contributed by atoms with E-state index in [4.69, 9.17) is 10.5 Å². The third-order valence-corrected chi connectivity index (χ3v) is 5.90. The maximum atomic E-state index is 10.1. The van der Waals surface area contributed by atoms with Crippen molar-refractivity contribution in [1.82, 2.24) is 4.90 Å². The molecule has 1 aromatic rings. The van der Waals surface area contributed by atoms with Gasteiger partial charge in [0.15, 0.2) is 5.41 Å². The van der Waals surface area contributed by atoms with Crippen molar-refractivity contribution in [3.05, 3.63) is 52.7 Å². The number of hydrogen-bond acceptors (Lipinski definition) is 6. The van der Waals surface area contributed by atoms with Crippen molar-refractivity contribution in [2.24, 2.45) is 17.1 Å². The molecule has 1 aliphatic heterocycles. The Labute approximate surface area is 165 Å². The Bertz CT molecular complexity index is 939. The number of hydrogen-bond donors (Lipinski definition) is 1. The first-order valence-electron chi connectivity index (χ1n) is 9.24. The summed E-state index contributed by atoms with van der Waals surface area (Å²) < 4.78 is 5.25. The van der Waals surface area contributed by atoms with Crippen molar-refractivity contribution < 1.29 is 4.74 Å². The molecule has 0 radical (unpaired) electrons. The number of nitrogens with zero attached hydrogens (tertiary/aromatic N) is 4. The summed E-state index contributed by atoms with van der Waals surface area (Å²) in [4.78, 5) is 2.28. The van der Waals surface area contributed by atoms with E-state index in [2.05, 4.69) is 37.0 Å². The summed E-state index contributed by atoms with van der Waals surface area (Å²) in [5.41, 5.74) is 6.73. The molecule has 0 saturated heterocycles. The number of nitriles is 3. The van der Waals surface area contributed by atoms with Crippen LogP contribution in [0.2, 0.25) is 0 Å². The maximum Gasteiger partial charge on any atom is 0.191 e. The molecular weight excluding hydrogens is 350 g/mol. The highest BCUT2D eigenvalue weighted by Crippen LogP contribution is 2.54. The normalized spacial score (nSPS) is 23.8. The molecule has 0 amide bonds. The van der Waals surface area contributed by atoms with Gasteiger partial charge < -0.3 is 10.5 Å². The Morgan fingerprint density at radius 3 is 2.32 bits per heavy atom. The van der Waals surface area contributed by atoms with E-state index in [1.165, 1.54) is 0 Å². The number of benzene rings is 1. The lowest BCUT2D eigenvalue weighted by Gasteiger charge is -2.46. The zero-order valence-corrected chi connectivity index (χ0v) is 16.3. The molecule has 0 aromatic heterocycles. The van der Waals surface area contributed by atoms with Crippen molar-refractivity contribution in [1.29, 1.82) is 15.8 Å². The molecule has 1 aromatic carbocycles. The number of ether oxygens (including phenoxy) is 1. The summed E-state index contributed by atoms with van der Waals surface area (Å²) in [5.74, 6) is 0.0487. The van der Waals surface area contributed by atoms with Gasteiger partial charge in [-0.15, -0.1) is 0 Å². The minimum Gasteiger partial charge on any atom is -0.497 e. The fourth-order valence-electron chi connectivity index (χ4n) is 4.31. The van der Waals surface area contributed by atoms with Gasteiger partial charge >= 0.3 is 0 Å². The van der Waals surface area contributed by atoms with Crippen LogP contribution in [0.4, 0.5) is 0 Å². The Kier molecular flexibility index (Phi) is 5.14. The Balaban J connectivity index is 2.26. The van der Waals surface area contributed by atoms with E-state index in [-0.39, 0.29) is 17.2 Å². The molecule has 2 aliphatic rings. The first-order chi connectivity index (χ1) is 13.4. The fraction of sp³-hybridized carbons (Fsp3) is 0.409. The molecule has 0 saturated carbocycles. The van der Waals surface area contributed by atoms with E-state index in [1.54, 1.807) is 7.11 Å². The average molecular weight is 373 g/mol. The summed E-state index contributed by atoms with van der Waals surface area (Å²) in [5, 5.41) is 29.9. The van der Waals surface area contributed by atoms with Gasteiger partial charge in [0.2, 0.25) is 0 Å². The number of rotatable bonds is 3. The third kappa shape index (κ3) is 2.82. The zero-order valence-electron chi connectivity index (χ0n) is 16.3. The second kappa shape index (κ2) is 7.39. The average Bonchev–Trinajstić information content (AvgIpc) is 2.72. The van der Waals surface area contributed by atoms with Crippen molar-refractivity contribution in [2.75, 3.05) is 20.2 Å². The van der Waals surface area contributed by atoms with Gasteiger partial charge in [-0.05, 0) is 37.1 Å². The summed E-state index contributed by atoms with van der Waals surface area (Å²) in [7, 11) is 1.59. The summed E-state index contributed by atoms with van der Waals surface area (Å²) in [6, 6.07) is 14.2. The van der Waals surface area contributed by atoms with Crippen molar-refractivity contribution in [2.45, 2.75) is 25.8 Å². The number of methoxy groups -OCH3 is 1. The largest absolute Gasteiger partial charge is 0.497 e. The van der Waals surface area contributed by atoms with Crippen LogP contribution >= 0.6 is 0 Å². The van der Waals surface area contributed by atoms with Gasteiger partial charge in [-0.2, -0.15) is 15.8 Å². The Morgan fingerprint density at radius 2 is 1.82 bits per heavy atom. The second-order valence-electron chi connectivity index (χ2n) is 7.50. The first kappa shape index (κ1) is 19.5. The second-order valence-corrected chi connectivity index (χ2v) is 7.50. The van der Waals surface area contributed by atoms with Crippen LogP contribution in [-0.4, -0.2) is 31.1 Å². The van der Waals surface area contributed by atoms with Crippen molar-refractivity contribution in [3.63, 3.8) is 0 Å². The number of fused-ring (bicyclic) bond motifs is 1. The van der Waals surface area contributed by atoms with Gasteiger partial charge in [-0.3, -0.25) is 4.90 Å². The predicted molar refractivity (Wildman–Crippen MR) is 105 cm³/mol. The van der Waals surface area contributed by atoms with Crippen molar-refractivity contribution >= 4 is 0 Å². The van der Waals surface area contributed by atoms with E-state index in [1.807, 2.05) is 30.3 Å². The lowest BCUT2D eigenvalue weighted by molar-refractivity contribution is 0.174. The van der Waals surface area contributed by atoms with Gasteiger partial charge in [0, 0.05) is 31.0 Å². The van der Waals surface area contributed by atoms with Crippen LogP contribution in [0, 0.1) is 45.3 Å². The van der Waals surface area contributed by atoms with Crippen LogP contribution in [0.15, 0.2) is 47.2 Å². The molecule has 6 nitrogen and oxygen atoms in total. The first-order valence-corrected chi connectivity index (χ1v) is 9.24. The van der Waals surface area contributed by atoms with Crippen LogP contribution in [0.3, 0.4) is 0 Å². The van der Waals surface area contributed by atoms with Crippen LogP contribution in [-0.2, 0) is 0 Å². The molecule has 2 unspecified atom stereocenters. The quantitative estimate of drug-likeness (QED) is 0.872. The number of nitrogens with two attached hydrogens (primary N) is 1. The minimum atomic E-state index is -1.60. The molecule has 6 heteroatoms. The van der Waals surface area contributed by atoms with Crippen LogP contribution in [0.1, 0.15) is 25.3 Å². The van der Waals surface area contributed by atoms with Crippen molar-refractivity contribution in [3.8, 4) is 24.0 Å². The lowest BCUT2D eigenvalue weighted by Crippen LogP contribution is -2.49. The molecule has 0 spiro atoms. The Hall–Kier alpha value is -3.27. The van der Waals surface area contributed by atoms with Gasteiger partial charge in [-0.1, -0.05) is 18.2 Å². The molecule has 28 heavy (non-hydrogen) atoms. The molecular formula is C22H23N5O. The van der Waals surface area contributed by atoms with Gasteiger partial charge in [0.05, 0.1) is 30.5 Å². The van der Waals surface area contributed by atoms with E-state index < -0.39 is 11.3 Å². The molecule has 1 aliphatic carbocycles. The maximum absolute atomic E-state index is 10.1.